The Morgan fingerprint density at radius 2 is 1.86 bits per heavy atom. The summed E-state index contributed by atoms with van der Waals surface area (Å²) < 4.78 is 1.83. The second-order valence-electron chi connectivity index (χ2n) is 4.95. The molecule has 0 N–H and O–H groups in total. The summed E-state index contributed by atoms with van der Waals surface area (Å²) in [4.78, 5) is 8.74. The number of aromatic nitrogens is 4. The Bertz CT molecular complexity index is 934. The molecular formula is C17H14N4. The minimum absolute atomic E-state index is 0.650. The lowest BCUT2D eigenvalue weighted by atomic mass is 10.0. The number of nitrogens with zero attached hydrogens (tertiary/aromatic N) is 4. The highest BCUT2D eigenvalue weighted by Crippen LogP contribution is 2.28. The van der Waals surface area contributed by atoms with Crippen molar-refractivity contribution in [2.24, 2.45) is 0 Å². The molecule has 2 heterocycles. The van der Waals surface area contributed by atoms with Gasteiger partial charge in [0, 0.05) is 18.2 Å². The molecule has 4 aromatic rings. The SMILES string of the molecule is CCc1nc2nccc(-c3cccc4ccccc34)n2n1. The first-order valence-corrected chi connectivity index (χ1v) is 7.05. The molecule has 4 nitrogen and oxygen atoms in total. The highest BCUT2D eigenvalue weighted by atomic mass is 15.3. The van der Waals surface area contributed by atoms with Crippen molar-refractivity contribution in [1.29, 1.82) is 0 Å². The Kier molecular flexibility index (Phi) is 2.67. The topological polar surface area (TPSA) is 43.1 Å². The standard InChI is InChI=1S/C17H14N4/c1-2-16-19-17-18-11-10-15(21(17)20-16)14-9-5-7-12-6-3-4-8-13(12)14/h3-11H,2H2,1H3. The zero-order valence-electron chi connectivity index (χ0n) is 11.7. The Morgan fingerprint density at radius 1 is 1.00 bits per heavy atom. The molecule has 2 aromatic heterocycles. The van der Waals surface area contributed by atoms with Crippen molar-refractivity contribution in [3.05, 3.63) is 60.6 Å². The van der Waals surface area contributed by atoms with Gasteiger partial charge in [0.05, 0.1) is 5.69 Å². The Labute approximate surface area is 122 Å². The lowest BCUT2D eigenvalue weighted by Crippen LogP contribution is -1.96. The van der Waals surface area contributed by atoms with E-state index in [0.29, 0.717) is 5.78 Å². The molecule has 0 radical (unpaired) electrons. The summed E-state index contributed by atoms with van der Waals surface area (Å²) in [6.07, 6.45) is 2.60. The van der Waals surface area contributed by atoms with E-state index in [1.807, 2.05) is 17.5 Å². The molecule has 0 aliphatic carbocycles. The van der Waals surface area contributed by atoms with Crippen molar-refractivity contribution >= 4 is 16.6 Å². The van der Waals surface area contributed by atoms with Gasteiger partial charge in [0.15, 0.2) is 5.82 Å². The molecule has 0 bridgehead atoms. The van der Waals surface area contributed by atoms with Crippen LogP contribution in [0.5, 0.6) is 0 Å². The maximum absolute atomic E-state index is 4.56. The third-order valence-electron chi connectivity index (χ3n) is 3.67. The lowest BCUT2D eigenvalue weighted by molar-refractivity contribution is 0.886. The van der Waals surface area contributed by atoms with E-state index in [-0.39, 0.29) is 0 Å². The molecule has 21 heavy (non-hydrogen) atoms. The van der Waals surface area contributed by atoms with Crippen LogP contribution in [0.3, 0.4) is 0 Å². The maximum atomic E-state index is 4.56. The molecular weight excluding hydrogens is 260 g/mol. The highest BCUT2D eigenvalue weighted by molar-refractivity contribution is 5.95. The van der Waals surface area contributed by atoms with Gasteiger partial charge >= 0.3 is 0 Å². The monoisotopic (exact) mass is 274 g/mol. The Hall–Kier alpha value is -2.75. The van der Waals surface area contributed by atoms with E-state index < -0.39 is 0 Å². The van der Waals surface area contributed by atoms with Crippen LogP contribution in [0.2, 0.25) is 0 Å². The summed E-state index contributed by atoms with van der Waals surface area (Å²) >= 11 is 0. The Morgan fingerprint density at radius 3 is 2.76 bits per heavy atom. The molecule has 0 unspecified atom stereocenters. The summed E-state index contributed by atoms with van der Waals surface area (Å²) in [5.74, 6) is 1.47. The summed E-state index contributed by atoms with van der Waals surface area (Å²) in [5, 5.41) is 6.99. The second kappa shape index (κ2) is 4.66. The number of hydrogen-bond donors (Lipinski definition) is 0. The molecule has 0 spiro atoms. The summed E-state index contributed by atoms with van der Waals surface area (Å²) in [6.45, 7) is 2.05. The number of benzene rings is 2. The molecule has 4 rings (SSSR count). The third-order valence-corrected chi connectivity index (χ3v) is 3.67. The third kappa shape index (κ3) is 1.88. The number of fused-ring (bicyclic) bond motifs is 2. The van der Waals surface area contributed by atoms with Crippen LogP contribution in [-0.4, -0.2) is 19.6 Å². The van der Waals surface area contributed by atoms with Gasteiger partial charge in [-0.25, -0.2) is 4.98 Å². The van der Waals surface area contributed by atoms with Crippen molar-refractivity contribution < 1.29 is 0 Å². The average molecular weight is 274 g/mol. The average Bonchev–Trinajstić information content (AvgIpc) is 2.97. The molecule has 0 aliphatic heterocycles. The van der Waals surface area contributed by atoms with Crippen LogP contribution in [0, 0.1) is 0 Å². The first kappa shape index (κ1) is 12.0. The summed E-state index contributed by atoms with van der Waals surface area (Å²) in [6, 6.07) is 16.7. The Balaban J connectivity index is 2.06. The summed E-state index contributed by atoms with van der Waals surface area (Å²) in [5.41, 5.74) is 2.16. The number of aryl methyl sites for hydroxylation is 1. The molecule has 0 saturated carbocycles. The van der Waals surface area contributed by atoms with Gasteiger partial charge in [0.25, 0.3) is 5.78 Å². The normalized spacial score (nSPS) is 11.3. The van der Waals surface area contributed by atoms with Crippen LogP contribution < -0.4 is 0 Å². The minimum Gasteiger partial charge on any atom is -0.220 e. The van der Waals surface area contributed by atoms with Gasteiger partial charge in [0.2, 0.25) is 0 Å². The molecule has 0 atom stereocenters. The van der Waals surface area contributed by atoms with Crippen LogP contribution in [0.1, 0.15) is 12.7 Å². The van der Waals surface area contributed by atoms with E-state index in [2.05, 4.69) is 57.5 Å². The van der Waals surface area contributed by atoms with Gasteiger partial charge in [0.1, 0.15) is 0 Å². The molecule has 0 fully saturated rings. The van der Waals surface area contributed by atoms with E-state index in [4.69, 9.17) is 0 Å². The van der Waals surface area contributed by atoms with Gasteiger partial charge in [-0.3, -0.25) is 0 Å². The zero-order valence-corrected chi connectivity index (χ0v) is 11.7. The number of hydrogen-bond acceptors (Lipinski definition) is 3. The van der Waals surface area contributed by atoms with E-state index in [1.54, 1.807) is 6.20 Å². The van der Waals surface area contributed by atoms with Crippen LogP contribution in [0.4, 0.5) is 0 Å². The molecule has 0 amide bonds. The molecule has 0 aliphatic rings. The van der Waals surface area contributed by atoms with Crippen LogP contribution in [0.25, 0.3) is 27.8 Å². The summed E-state index contributed by atoms with van der Waals surface area (Å²) in [7, 11) is 0. The second-order valence-corrected chi connectivity index (χ2v) is 4.95. The predicted molar refractivity (Wildman–Crippen MR) is 83.1 cm³/mol. The van der Waals surface area contributed by atoms with E-state index in [9.17, 15) is 0 Å². The maximum Gasteiger partial charge on any atom is 0.252 e. The van der Waals surface area contributed by atoms with Gasteiger partial charge in [-0.05, 0) is 16.8 Å². The zero-order chi connectivity index (χ0) is 14.2. The predicted octanol–water partition coefficient (Wildman–Crippen LogP) is 3.51. The van der Waals surface area contributed by atoms with Crippen LogP contribution in [0.15, 0.2) is 54.7 Å². The van der Waals surface area contributed by atoms with E-state index in [1.165, 1.54) is 10.8 Å². The molecule has 4 heteroatoms. The smallest absolute Gasteiger partial charge is 0.220 e. The fourth-order valence-corrected chi connectivity index (χ4v) is 2.64. The number of rotatable bonds is 2. The van der Waals surface area contributed by atoms with Crippen molar-refractivity contribution in [2.45, 2.75) is 13.3 Å². The first-order chi connectivity index (χ1) is 10.4. The van der Waals surface area contributed by atoms with Crippen LogP contribution in [-0.2, 0) is 6.42 Å². The molecule has 0 saturated heterocycles. The fourth-order valence-electron chi connectivity index (χ4n) is 2.64. The molecule has 2 aromatic carbocycles. The van der Waals surface area contributed by atoms with Crippen molar-refractivity contribution in [2.75, 3.05) is 0 Å². The molecule has 102 valence electrons. The first-order valence-electron chi connectivity index (χ1n) is 7.05. The van der Waals surface area contributed by atoms with Gasteiger partial charge < -0.3 is 0 Å². The van der Waals surface area contributed by atoms with Gasteiger partial charge in [-0.2, -0.15) is 9.50 Å². The highest BCUT2D eigenvalue weighted by Gasteiger charge is 2.10. The van der Waals surface area contributed by atoms with Crippen molar-refractivity contribution in [1.82, 2.24) is 19.6 Å². The quantitative estimate of drug-likeness (QED) is 0.562. The minimum atomic E-state index is 0.650. The largest absolute Gasteiger partial charge is 0.252 e. The van der Waals surface area contributed by atoms with Crippen molar-refractivity contribution in [3.8, 4) is 11.3 Å². The van der Waals surface area contributed by atoms with Gasteiger partial charge in [-0.15, -0.1) is 5.10 Å². The van der Waals surface area contributed by atoms with E-state index >= 15 is 0 Å². The van der Waals surface area contributed by atoms with Crippen molar-refractivity contribution in [3.63, 3.8) is 0 Å². The van der Waals surface area contributed by atoms with Gasteiger partial charge in [-0.1, -0.05) is 49.4 Å². The van der Waals surface area contributed by atoms with Crippen LogP contribution >= 0.6 is 0 Å². The fraction of sp³-hybridized carbons (Fsp3) is 0.118. The van der Waals surface area contributed by atoms with E-state index in [0.717, 1.165) is 23.5 Å². The lowest BCUT2D eigenvalue weighted by Gasteiger charge is -2.07.